The highest BCUT2D eigenvalue weighted by molar-refractivity contribution is 5.63. The monoisotopic (exact) mass is 261 g/mol. The Bertz CT molecular complexity index is 434. The van der Waals surface area contributed by atoms with E-state index in [4.69, 9.17) is 9.47 Å². The second-order valence-electron chi connectivity index (χ2n) is 5.43. The molecule has 3 rings (SSSR count). The summed E-state index contributed by atoms with van der Waals surface area (Å²) in [6, 6.07) is 10.2. The molecule has 4 nitrogen and oxygen atoms in total. The van der Waals surface area contributed by atoms with Crippen LogP contribution in [-0.2, 0) is 4.74 Å². The fraction of sp³-hybridized carbons (Fsp3) is 0.533. The van der Waals surface area contributed by atoms with E-state index < -0.39 is 6.16 Å². The minimum Gasteiger partial charge on any atom is -0.431 e. The molecule has 2 aliphatic rings. The Balaban J connectivity index is 1.53. The van der Waals surface area contributed by atoms with Gasteiger partial charge in [0.25, 0.3) is 0 Å². The summed E-state index contributed by atoms with van der Waals surface area (Å²) in [6.07, 6.45) is 3.71. The molecule has 2 aliphatic heterocycles. The molecule has 0 spiro atoms. The molecular formula is C15H19NO3. The van der Waals surface area contributed by atoms with E-state index in [2.05, 4.69) is 11.9 Å². The summed E-state index contributed by atoms with van der Waals surface area (Å²) in [5.74, 6) is 0.531. The quantitative estimate of drug-likeness (QED) is 0.606. The third-order valence-electron chi connectivity index (χ3n) is 4.26. The number of para-hydroxylation sites is 1. The maximum absolute atomic E-state index is 11.7. The Morgan fingerprint density at radius 1 is 1.16 bits per heavy atom. The first-order valence-corrected chi connectivity index (χ1v) is 6.88. The van der Waals surface area contributed by atoms with Crippen LogP contribution in [0.1, 0.15) is 25.7 Å². The number of benzene rings is 1. The minimum atomic E-state index is -0.583. The molecule has 2 fully saturated rings. The first-order chi connectivity index (χ1) is 9.22. The second kappa shape index (κ2) is 5.21. The van der Waals surface area contributed by atoms with Gasteiger partial charge in [-0.25, -0.2) is 4.79 Å². The summed E-state index contributed by atoms with van der Waals surface area (Å²) in [6.45, 7) is 0. The van der Waals surface area contributed by atoms with Gasteiger partial charge in [0.1, 0.15) is 11.9 Å². The molecule has 2 saturated heterocycles. The predicted octanol–water partition coefficient (Wildman–Crippen LogP) is 2.83. The maximum Gasteiger partial charge on any atom is 0.514 e. The van der Waals surface area contributed by atoms with E-state index in [9.17, 15) is 4.79 Å². The van der Waals surface area contributed by atoms with Crippen LogP contribution < -0.4 is 4.74 Å². The van der Waals surface area contributed by atoms with Crippen LogP contribution in [0, 0.1) is 0 Å². The van der Waals surface area contributed by atoms with Crippen molar-refractivity contribution in [3.05, 3.63) is 30.3 Å². The van der Waals surface area contributed by atoms with Crippen molar-refractivity contribution >= 4 is 6.16 Å². The normalized spacial score (nSPS) is 30.1. The van der Waals surface area contributed by atoms with Crippen LogP contribution in [0.3, 0.4) is 0 Å². The van der Waals surface area contributed by atoms with Crippen LogP contribution in [-0.4, -0.2) is 36.3 Å². The number of hydrogen-bond donors (Lipinski definition) is 0. The Labute approximate surface area is 113 Å². The lowest BCUT2D eigenvalue weighted by atomic mass is 10.0. The van der Waals surface area contributed by atoms with Gasteiger partial charge in [0.05, 0.1) is 0 Å². The molecule has 0 aliphatic carbocycles. The van der Waals surface area contributed by atoms with Crippen LogP contribution in [0.2, 0.25) is 0 Å². The SMILES string of the molecule is CN1[C@@H]2CC[C@H]1CC(OC(=O)Oc1ccccc1)C2. The molecule has 1 aromatic rings. The van der Waals surface area contributed by atoms with Crippen molar-refractivity contribution in [3.63, 3.8) is 0 Å². The number of rotatable bonds is 2. The summed E-state index contributed by atoms with van der Waals surface area (Å²) >= 11 is 0. The number of nitrogens with zero attached hydrogens (tertiary/aromatic N) is 1. The lowest BCUT2D eigenvalue weighted by Crippen LogP contribution is -2.43. The lowest BCUT2D eigenvalue weighted by Gasteiger charge is -2.35. The molecule has 0 N–H and O–H groups in total. The summed E-state index contributed by atoms with van der Waals surface area (Å²) in [5, 5.41) is 0. The van der Waals surface area contributed by atoms with Crippen LogP contribution in [0.4, 0.5) is 4.79 Å². The number of hydrogen-bond acceptors (Lipinski definition) is 4. The Morgan fingerprint density at radius 2 is 1.79 bits per heavy atom. The molecule has 102 valence electrons. The van der Waals surface area contributed by atoms with Gasteiger partial charge in [-0.3, -0.25) is 0 Å². The van der Waals surface area contributed by atoms with Gasteiger partial charge in [0, 0.05) is 24.9 Å². The zero-order valence-corrected chi connectivity index (χ0v) is 11.1. The molecule has 0 saturated carbocycles. The summed E-state index contributed by atoms with van der Waals surface area (Å²) in [7, 11) is 2.17. The van der Waals surface area contributed by atoms with Crippen LogP contribution in [0.5, 0.6) is 5.75 Å². The van der Waals surface area contributed by atoms with Gasteiger partial charge in [0.15, 0.2) is 0 Å². The molecule has 3 atom stereocenters. The molecule has 0 amide bonds. The zero-order valence-electron chi connectivity index (χ0n) is 11.1. The predicted molar refractivity (Wildman–Crippen MR) is 71.1 cm³/mol. The second-order valence-corrected chi connectivity index (χ2v) is 5.43. The topological polar surface area (TPSA) is 38.8 Å². The first-order valence-electron chi connectivity index (χ1n) is 6.88. The molecule has 1 aromatic carbocycles. The molecule has 0 radical (unpaired) electrons. The van der Waals surface area contributed by atoms with Gasteiger partial charge in [-0.2, -0.15) is 0 Å². The van der Waals surface area contributed by atoms with Gasteiger partial charge in [-0.05, 0) is 32.0 Å². The maximum atomic E-state index is 11.7. The molecule has 2 heterocycles. The number of piperidine rings is 1. The highest BCUT2D eigenvalue weighted by Gasteiger charge is 2.40. The third kappa shape index (κ3) is 2.73. The van der Waals surface area contributed by atoms with Crippen molar-refractivity contribution in [1.29, 1.82) is 0 Å². The Morgan fingerprint density at radius 3 is 2.42 bits per heavy atom. The van der Waals surface area contributed by atoms with E-state index in [1.807, 2.05) is 18.2 Å². The largest absolute Gasteiger partial charge is 0.514 e. The fourth-order valence-corrected chi connectivity index (χ4v) is 3.20. The molecule has 4 heteroatoms. The highest BCUT2D eigenvalue weighted by Crippen LogP contribution is 2.35. The van der Waals surface area contributed by atoms with E-state index in [1.54, 1.807) is 12.1 Å². The smallest absolute Gasteiger partial charge is 0.431 e. The summed E-state index contributed by atoms with van der Waals surface area (Å²) < 4.78 is 10.6. The lowest BCUT2D eigenvalue weighted by molar-refractivity contribution is 0.00748. The van der Waals surface area contributed by atoms with Crippen molar-refractivity contribution < 1.29 is 14.3 Å². The van der Waals surface area contributed by atoms with Crippen LogP contribution in [0.15, 0.2) is 30.3 Å². The molecule has 2 bridgehead atoms. The number of fused-ring (bicyclic) bond motifs is 2. The van der Waals surface area contributed by atoms with Crippen molar-refractivity contribution in [2.75, 3.05) is 7.05 Å². The van der Waals surface area contributed by atoms with Crippen molar-refractivity contribution in [2.45, 2.75) is 43.9 Å². The standard InChI is InChI=1S/C15H19NO3/c1-16-11-7-8-12(16)10-14(9-11)19-15(17)18-13-5-3-2-4-6-13/h2-6,11-12,14H,7-10H2,1H3/t11-,12+,14?. The van der Waals surface area contributed by atoms with E-state index >= 15 is 0 Å². The van der Waals surface area contributed by atoms with E-state index in [-0.39, 0.29) is 6.10 Å². The van der Waals surface area contributed by atoms with Crippen molar-refractivity contribution in [3.8, 4) is 5.75 Å². The Hall–Kier alpha value is -1.55. The highest BCUT2D eigenvalue weighted by atomic mass is 16.7. The van der Waals surface area contributed by atoms with Gasteiger partial charge < -0.3 is 14.4 Å². The molecule has 0 aromatic heterocycles. The van der Waals surface area contributed by atoms with E-state index in [0.717, 1.165) is 12.8 Å². The van der Waals surface area contributed by atoms with E-state index in [0.29, 0.717) is 17.8 Å². The number of carbonyl (C=O) groups excluding carboxylic acids is 1. The van der Waals surface area contributed by atoms with E-state index in [1.165, 1.54) is 12.8 Å². The molecule has 1 unspecified atom stereocenters. The molecular weight excluding hydrogens is 242 g/mol. The first kappa shape index (κ1) is 12.5. The van der Waals surface area contributed by atoms with Gasteiger partial charge >= 0.3 is 6.16 Å². The molecule has 19 heavy (non-hydrogen) atoms. The average molecular weight is 261 g/mol. The van der Waals surface area contributed by atoms with Gasteiger partial charge in [0.2, 0.25) is 0 Å². The van der Waals surface area contributed by atoms with Crippen LogP contribution >= 0.6 is 0 Å². The Kier molecular flexibility index (Phi) is 3.42. The third-order valence-corrected chi connectivity index (χ3v) is 4.26. The van der Waals surface area contributed by atoms with Crippen molar-refractivity contribution in [2.24, 2.45) is 0 Å². The van der Waals surface area contributed by atoms with Crippen molar-refractivity contribution in [1.82, 2.24) is 4.90 Å². The zero-order chi connectivity index (χ0) is 13.2. The van der Waals surface area contributed by atoms with Crippen LogP contribution in [0.25, 0.3) is 0 Å². The van der Waals surface area contributed by atoms with Gasteiger partial charge in [-0.15, -0.1) is 0 Å². The minimum absolute atomic E-state index is 0.00455. The number of ether oxygens (including phenoxy) is 2. The number of carbonyl (C=O) groups is 1. The fourth-order valence-electron chi connectivity index (χ4n) is 3.20. The average Bonchev–Trinajstić information content (AvgIpc) is 2.63. The summed E-state index contributed by atoms with van der Waals surface area (Å²) in [4.78, 5) is 14.2. The summed E-state index contributed by atoms with van der Waals surface area (Å²) in [5.41, 5.74) is 0. The van der Waals surface area contributed by atoms with Gasteiger partial charge in [-0.1, -0.05) is 18.2 Å².